The Kier molecular flexibility index (Phi) is 7.20. The van der Waals surface area contributed by atoms with E-state index in [2.05, 4.69) is 169 Å². The van der Waals surface area contributed by atoms with Crippen LogP contribution in [0.15, 0.2) is 202 Å². The Labute approximate surface area is 317 Å². The Morgan fingerprint density at radius 3 is 1.89 bits per heavy atom. The van der Waals surface area contributed by atoms with E-state index in [1.54, 1.807) is 0 Å². The number of aliphatic imine (C=N–C) groups is 2. The van der Waals surface area contributed by atoms with E-state index in [4.69, 9.17) is 14.4 Å². The van der Waals surface area contributed by atoms with Crippen LogP contribution in [0.1, 0.15) is 22.9 Å². The second kappa shape index (κ2) is 12.7. The highest BCUT2D eigenvalue weighted by Crippen LogP contribution is 2.38. The number of nitrogens with one attached hydrogen (secondary N) is 1. The molecular formula is C51H33N3O. The Balaban J connectivity index is 1.02. The third-order valence-corrected chi connectivity index (χ3v) is 10.9. The van der Waals surface area contributed by atoms with Gasteiger partial charge in [0.25, 0.3) is 0 Å². The van der Waals surface area contributed by atoms with Gasteiger partial charge in [-0.15, -0.1) is 0 Å². The van der Waals surface area contributed by atoms with Gasteiger partial charge in [-0.3, -0.25) is 0 Å². The fourth-order valence-corrected chi connectivity index (χ4v) is 8.13. The SMILES string of the molecule is c1ccc(-c2cccc(C3=NC(c4ccc5cc(-c6cccc7oc8ccccc8c67)ccc5c4)N=C(c4ccc5ccc6ccccc6c5c4)N3)c2)cc1. The molecule has 0 radical (unpaired) electrons. The van der Waals surface area contributed by atoms with E-state index in [1.807, 2.05) is 24.3 Å². The van der Waals surface area contributed by atoms with Crippen molar-refractivity contribution in [1.29, 1.82) is 0 Å². The number of nitrogens with zero attached hydrogens (tertiary/aromatic N) is 2. The minimum atomic E-state index is -0.440. The normalized spacial score (nSPS) is 14.4. The Hall–Kier alpha value is -7.30. The second-order valence-corrected chi connectivity index (χ2v) is 14.2. The summed E-state index contributed by atoms with van der Waals surface area (Å²) in [7, 11) is 0. The van der Waals surface area contributed by atoms with Crippen molar-refractivity contribution in [3.05, 3.63) is 205 Å². The highest BCUT2D eigenvalue weighted by Gasteiger charge is 2.22. The quantitative estimate of drug-likeness (QED) is 0.181. The number of benzene rings is 9. The zero-order valence-corrected chi connectivity index (χ0v) is 29.8. The number of para-hydroxylation sites is 1. The number of hydrogen-bond donors (Lipinski definition) is 1. The van der Waals surface area contributed by atoms with Crippen LogP contribution < -0.4 is 5.32 Å². The van der Waals surface area contributed by atoms with E-state index in [1.165, 1.54) is 27.1 Å². The van der Waals surface area contributed by atoms with Gasteiger partial charge in [-0.1, -0.05) is 152 Å². The number of amidine groups is 2. The van der Waals surface area contributed by atoms with E-state index in [0.717, 1.165) is 77.8 Å². The van der Waals surface area contributed by atoms with Crippen LogP contribution in [0.3, 0.4) is 0 Å². The Morgan fingerprint density at radius 1 is 0.382 bits per heavy atom. The molecule has 0 spiro atoms. The molecule has 1 aliphatic heterocycles. The van der Waals surface area contributed by atoms with Crippen LogP contribution in [0.4, 0.5) is 0 Å². The van der Waals surface area contributed by atoms with Gasteiger partial charge < -0.3 is 9.73 Å². The van der Waals surface area contributed by atoms with Gasteiger partial charge in [0.05, 0.1) is 0 Å². The lowest BCUT2D eigenvalue weighted by molar-refractivity contribution is 0.669. The molecule has 258 valence electrons. The van der Waals surface area contributed by atoms with E-state index in [9.17, 15) is 0 Å². The molecule has 1 N–H and O–H groups in total. The molecule has 1 aromatic heterocycles. The number of hydrogen-bond acceptors (Lipinski definition) is 4. The molecule has 1 unspecified atom stereocenters. The average molecular weight is 704 g/mol. The second-order valence-electron chi connectivity index (χ2n) is 14.2. The number of furan rings is 1. The summed E-state index contributed by atoms with van der Waals surface area (Å²) in [5.41, 5.74) is 9.49. The van der Waals surface area contributed by atoms with E-state index in [0.29, 0.717) is 0 Å². The summed E-state index contributed by atoms with van der Waals surface area (Å²) in [6.45, 7) is 0. The molecule has 9 aromatic carbocycles. The van der Waals surface area contributed by atoms with Crippen molar-refractivity contribution < 1.29 is 4.42 Å². The van der Waals surface area contributed by atoms with Crippen LogP contribution in [0, 0.1) is 0 Å². The molecule has 0 aliphatic carbocycles. The fraction of sp³-hybridized carbons (Fsp3) is 0.0196. The lowest BCUT2D eigenvalue weighted by Crippen LogP contribution is -2.36. The number of rotatable bonds is 5. The molecule has 0 saturated carbocycles. The zero-order chi connectivity index (χ0) is 36.3. The molecule has 11 rings (SSSR count). The van der Waals surface area contributed by atoms with Crippen molar-refractivity contribution in [3.63, 3.8) is 0 Å². The van der Waals surface area contributed by atoms with E-state index < -0.39 is 6.17 Å². The maximum absolute atomic E-state index is 6.21. The van der Waals surface area contributed by atoms with Crippen molar-refractivity contribution in [2.45, 2.75) is 6.17 Å². The first kappa shape index (κ1) is 31.2. The van der Waals surface area contributed by atoms with Crippen LogP contribution in [0.25, 0.3) is 76.5 Å². The molecule has 2 heterocycles. The van der Waals surface area contributed by atoms with Crippen molar-refractivity contribution in [2.24, 2.45) is 9.98 Å². The summed E-state index contributed by atoms with van der Waals surface area (Å²) in [4.78, 5) is 10.6. The largest absolute Gasteiger partial charge is 0.456 e. The average Bonchev–Trinajstić information content (AvgIpc) is 3.65. The topological polar surface area (TPSA) is 49.9 Å². The summed E-state index contributed by atoms with van der Waals surface area (Å²) in [6, 6.07) is 66.5. The molecule has 4 heteroatoms. The van der Waals surface area contributed by atoms with Crippen LogP contribution >= 0.6 is 0 Å². The van der Waals surface area contributed by atoms with Gasteiger partial charge in [0, 0.05) is 21.9 Å². The maximum atomic E-state index is 6.21. The first-order valence-corrected chi connectivity index (χ1v) is 18.7. The van der Waals surface area contributed by atoms with Gasteiger partial charge in [0.1, 0.15) is 22.8 Å². The van der Waals surface area contributed by atoms with Crippen molar-refractivity contribution in [2.75, 3.05) is 0 Å². The zero-order valence-electron chi connectivity index (χ0n) is 29.8. The summed E-state index contributed by atoms with van der Waals surface area (Å²) < 4.78 is 6.21. The summed E-state index contributed by atoms with van der Waals surface area (Å²) in [6.07, 6.45) is -0.440. The molecule has 10 aromatic rings. The summed E-state index contributed by atoms with van der Waals surface area (Å²) in [5, 5.41) is 13.1. The molecule has 0 fully saturated rings. The van der Waals surface area contributed by atoms with Crippen molar-refractivity contribution in [1.82, 2.24) is 5.32 Å². The van der Waals surface area contributed by atoms with Crippen molar-refractivity contribution >= 4 is 65.9 Å². The van der Waals surface area contributed by atoms with Crippen LogP contribution in [0.2, 0.25) is 0 Å². The maximum Gasteiger partial charge on any atom is 0.169 e. The lowest BCUT2D eigenvalue weighted by atomic mass is 9.96. The molecular weight excluding hydrogens is 671 g/mol. The standard InChI is InChI=1S/C51H33N3O/c1-2-10-32(11-3-1)35-13-8-14-39(29-35)49-52-50(54-51(53-49)41-26-22-34-21-20-33-12-4-5-15-42(33)45(34)31-41)40-27-24-36-28-38(25-23-37(36)30-40)43-17-9-19-47-48(43)44-16-6-7-18-46(44)55-47/h1-31,50H,(H,52,53,54). The van der Waals surface area contributed by atoms with Crippen LogP contribution in [-0.2, 0) is 0 Å². The van der Waals surface area contributed by atoms with Crippen LogP contribution in [0.5, 0.6) is 0 Å². The fourth-order valence-electron chi connectivity index (χ4n) is 8.13. The number of fused-ring (bicyclic) bond motifs is 7. The summed E-state index contributed by atoms with van der Waals surface area (Å²) >= 11 is 0. The molecule has 55 heavy (non-hydrogen) atoms. The van der Waals surface area contributed by atoms with Gasteiger partial charge >= 0.3 is 0 Å². The first-order chi connectivity index (χ1) is 27.2. The van der Waals surface area contributed by atoms with Gasteiger partial charge in [0.2, 0.25) is 0 Å². The predicted octanol–water partition coefficient (Wildman–Crippen LogP) is 12.9. The van der Waals surface area contributed by atoms with Gasteiger partial charge in [-0.05, 0) is 96.5 Å². The minimum Gasteiger partial charge on any atom is -0.456 e. The van der Waals surface area contributed by atoms with E-state index in [-0.39, 0.29) is 0 Å². The Morgan fingerprint density at radius 2 is 1.00 bits per heavy atom. The van der Waals surface area contributed by atoms with Gasteiger partial charge in [-0.25, -0.2) is 9.98 Å². The highest BCUT2D eigenvalue weighted by molar-refractivity contribution is 6.18. The smallest absolute Gasteiger partial charge is 0.169 e. The van der Waals surface area contributed by atoms with Crippen LogP contribution in [-0.4, -0.2) is 11.7 Å². The molecule has 0 bridgehead atoms. The molecule has 1 aliphatic rings. The molecule has 1 atom stereocenters. The monoisotopic (exact) mass is 703 g/mol. The van der Waals surface area contributed by atoms with Gasteiger partial charge in [-0.2, -0.15) is 0 Å². The molecule has 0 amide bonds. The van der Waals surface area contributed by atoms with E-state index >= 15 is 0 Å². The molecule has 4 nitrogen and oxygen atoms in total. The van der Waals surface area contributed by atoms with Gasteiger partial charge in [0.15, 0.2) is 6.17 Å². The lowest BCUT2D eigenvalue weighted by Gasteiger charge is -2.23. The third-order valence-electron chi connectivity index (χ3n) is 10.9. The highest BCUT2D eigenvalue weighted by atomic mass is 16.3. The minimum absolute atomic E-state index is 0.440. The summed E-state index contributed by atoms with van der Waals surface area (Å²) in [5.74, 6) is 1.59. The molecule has 0 saturated heterocycles. The third kappa shape index (κ3) is 5.46. The van der Waals surface area contributed by atoms with Crippen molar-refractivity contribution in [3.8, 4) is 22.3 Å². The first-order valence-electron chi connectivity index (χ1n) is 18.7. The predicted molar refractivity (Wildman–Crippen MR) is 229 cm³/mol. The Bertz CT molecular complexity index is 3190.